The Bertz CT molecular complexity index is 629. The summed E-state index contributed by atoms with van der Waals surface area (Å²) in [5.74, 6) is 1.23. The number of amides is 1. The van der Waals surface area contributed by atoms with E-state index in [9.17, 15) is 4.79 Å². The summed E-state index contributed by atoms with van der Waals surface area (Å²) in [5, 5.41) is 2.98. The summed E-state index contributed by atoms with van der Waals surface area (Å²) in [5.41, 5.74) is 7.51. The van der Waals surface area contributed by atoms with Crippen molar-refractivity contribution in [3.63, 3.8) is 0 Å². The second-order valence-corrected chi connectivity index (χ2v) is 5.28. The van der Waals surface area contributed by atoms with Crippen molar-refractivity contribution in [2.24, 2.45) is 5.73 Å². The lowest BCUT2D eigenvalue weighted by molar-refractivity contribution is -0.122. The standard InChI is InChI=1S/C18H22N2O3.ClH/c1-12(19)18(21)20-17(13-6-4-8-15(10-13)22-2)14-7-5-9-16(11-14)23-3;/h4-12,17H,19H2,1-3H3,(H,20,21);1H/t12-;/m1./s1. The van der Waals surface area contributed by atoms with Crippen LogP contribution in [-0.4, -0.2) is 26.2 Å². The molecule has 2 rings (SSSR count). The topological polar surface area (TPSA) is 73.6 Å². The minimum Gasteiger partial charge on any atom is -0.497 e. The van der Waals surface area contributed by atoms with Crippen molar-refractivity contribution >= 4 is 18.3 Å². The quantitative estimate of drug-likeness (QED) is 0.840. The van der Waals surface area contributed by atoms with Gasteiger partial charge in [-0.05, 0) is 42.3 Å². The minimum absolute atomic E-state index is 0. The summed E-state index contributed by atoms with van der Waals surface area (Å²) in [7, 11) is 3.22. The molecule has 0 heterocycles. The number of hydrogen-bond acceptors (Lipinski definition) is 4. The van der Waals surface area contributed by atoms with Gasteiger partial charge in [-0.2, -0.15) is 0 Å². The molecular weight excluding hydrogens is 328 g/mol. The minimum atomic E-state index is -0.589. The number of rotatable bonds is 6. The van der Waals surface area contributed by atoms with Crippen LogP contribution in [0.25, 0.3) is 0 Å². The Hall–Kier alpha value is -2.24. The maximum atomic E-state index is 12.1. The van der Waals surface area contributed by atoms with Crippen LogP contribution in [0, 0.1) is 0 Å². The van der Waals surface area contributed by atoms with Gasteiger partial charge in [0.2, 0.25) is 5.91 Å². The van der Waals surface area contributed by atoms with Gasteiger partial charge in [0.1, 0.15) is 11.5 Å². The molecule has 2 aromatic carbocycles. The largest absolute Gasteiger partial charge is 0.497 e. The monoisotopic (exact) mass is 350 g/mol. The van der Waals surface area contributed by atoms with Crippen LogP contribution in [0.15, 0.2) is 48.5 Å². The van der Waals surface area contributed by atoms with E-state index in [1.165, 1.54) is 0 Å². The molecule has 2 aromatic rings. The van der Waals surface area contributed by atoms with Crippen molar-refractivity contribution in [1.29, 1.82) is 0 Å². The number of benzene rings is 2. The molecule has 5 nitrogen and oxygen atoms in total. The molecule has 24 heavy (non-hydrogen) atoms. The first-order valence-corrected chi connectivity index (χ1v) is 7.39. The molecule has 130 valence electrons. The molecule has 0 spiro atoms. The Morgan fingerprint density at radius 3 is 1.83 bits per heavy atom. The van der Waals surface area contributed by atoms with Crippen molar-refractivity contribution in [3.05, 3.63) is 59.7 Å². The van der Waals surface area contributed by atoms with Crippen LogP contribution in [0.3, 0.4) is 0 Å². The van der Waals surface area contributed by atoms with Crippen LogP contribution in [0.4, 0.5) is 0 Å². The highest BCUT2D eigenvalue weighted by Crippen LogP contribution is 2.27. The number of hydrogen-bond donors (Lipinski definition) is 2. The summed E-state index contributed by atoms with van der Waals surface area (Å²) >= 11 is 0. The van der Waals surface area contributed by atoms with Gasteiger partial charge < -0.3 is 20.5 Å². The first-order chi connectivity index (χ1) is 11.0. The predicted molar refractivity (Wildman–Crippen MR) is 96.9 cm³/mol. The van der Waals surface area contributed by atoms with E-state index in [0.717, 1.165) is 22.6 Å². The third-order valence-electron chi connectivity index (χ3n) is 3.55. The fourth-order valence-electron chi connectivity index (χ4n) is 2.27. The molecule has 3 N–H and O–H groups in total. The third-order valence-corrected chi connectivity index (χ3v) is 3.55. The van der Waals surface area contributed by atoms with Crippen molar-refractivity contribution < 1.29 is 14.3 Å². The van der Waals surface area contributed by atoms with E-state index in [0.29, 0.717) is 0 Å². The molecule has 0 saturated carbocycles. The van der Waals surface area contributed by atoms with E-state index in [1.54, 1.807) is 21.1 Å². The lowest BCUT2D eigenvalue weighted by atomic mass is 9.97. The molecule has 0 saturated heterocycles. The number of halogens is 1. The van der Waals surface area contributed by atoms with Crippen molar-refractivity contribution in [2.75, 3.05) is 14.2 Å². The van der Waals surface area contributed by atoms with E-state index in [-0.39, 0.29) is 24.4 Å². The van der Waals surface area contributed by atoms with Crippen LogP contribution in [-0.2, 0) is 4.79 Å². The molecular formula is C18H23ClN2O3. The summed E-state index contributed by atoms with van der Waals surface area (Å²) in [6.45, 7) is 1.66. The number of carbonyl (C=O) groups is 1. The third kappa shape index (κ3) is 4.88. The van der Waals surface area contributed by atoms with E-state index >= 15 is 0 Å². The molecule has 0 bridgehead atoms. The zero-order valence-corrected chi connectivity index (χ0v) is 14.8. The number of nitrogens with two attached hydrogens (primary N) is 1. The van der Waals surface area contributed by atoms with E-state index in [2.05, 4.69) is 5.32 Å². The Kier molecular flexibility index (Phi) is 7.55. The predicted octanol–water partition coefficient (Wildman–Crippen LogP) is 2.68. The SMILES string of the molecule is COc1cccc(C(NC(=O)[C@@H](C)N)c2cccc(OC)c2)c1.Cl. The lowest BCUT2D eigenvalue weighted by Crippen LogP contribution is -2.40. The fraction of sp³-hybridized carbons (Fsp3) is 0.278. The lowest BCUT2D eigenvalue weighted by Gasteiger charge is -2.22. The van der Waals surface area contributed by atoms with E-state index in [1.807, 2.05) is 48.5 Å². The van der Waals surface area contributed by atoms with Gasteiger partial charge >= 0.3 is 0 Å². The van der Waals surface area contributed by atoms with Crippen molar-refractivity contribution in [2.45, 2.75) is 19.0 Å². The van der Waals surface area contributed by atoms with Gasteiger partial charge in [-0.3, -0.25) is 4.79 Å². The highest BCUT2D eigenvalue weighted by atomic mass is 35.5. The molecule has 0 aliphatic carbocycles. The molecule has 0 fully saturated rings. The average Bonchev–Trinajstić information content (AvgIpc) is 2.59. The van der Waals surface area contributed by atoms with Gasteiger partial charge in [0.25, 0.3) is 0 Å². The molecule has 0 unspecified atom stereocenters. The second kappa shape index (κ2) is 9.15. The van der Waals surface area contributed by atoms with Gasteiger partial charge in [0.15, 0.2) is 0 Å². The normalized spacial score (nSPS) is 11.4. The highest BCUT2D eigenvalue weighted by Gasteiger charge is 2.19. The molecule has 0 aliphatic rings. The Labute approximate surface area is 148 Å². The van der Waals surface area contributed by atoms with Crippen LogP contribution in [0.2, 0.25) is 0 Å². The molecule has 0 radical (unpaired) electrons. The maximum Gasteiger partial charge on any atom is 0.237 e. The summed E-state index contributed by atoms with van der Waals surface area (Å²) < 4.78 is 10.6. The highest BCUT2D eigenvalue weighted by molar-refractivity contribution is 5.85. The first-order valence-electron chi connectivity index (χ1n) is 7.39. The van der Waals surface area contributed by atoms with Crippen LogP contribution in [0.1, 0.15) is 24.1 Å². The van der Waals surface area contributed by atoms with Crippen LogP contribution in [0.5, 0.6) is 11.5 Å². The maximum absolute atomic E-state index is 12.1. The number of carbonyl (C=O) groups excluding carboxylic acids is 1. The Balaban J connectivity index is 0.00000288. The molecule has 0 aliphatic heterocycles. The zero-order chi connectivity index (χ0) is 16.8. The van der Waals surface area contributed by atoms with Gasteiger partial charge in [-0.25, -0.2) is 0 Å². The zero-order valence-electron chi connectivity index (χ0n) is 14.0. The summed E-state index contributed by atoms with van der Waals surface area (Å²) in [4.78, 5) is 12.1. The van der Waals surface area contributed by atoms with Gasteiger partial charge in [-0.1, -0.05) is 24.3 Å². The van der Waals surface area contributed by atoms with Crippen LogP contribution >= 0.6 is 12.4 Å². The molecule has 1 atom stereocenters. The fourth-order valence-corrected chi connectivity index (χ4v) is 2.27. The molecule has 0 aromatic heterocycles. The van der Waals surface area contributed by atoms with Crippen molar-refractivity contribution in [3.8, 4) is 11.5 Å². The van der Waals surface area contributed by atoms with E-state index < -0.39 is 6.04 Å². The van der Waals surface area contributed by atoms with E-state index in [4.69, 9.17) is 15.2 Å². The number of nitrogens with one attached hydrogen (secondary N) is 1. The first kappa shape index (κ1) is 19.8. The number of methoxy groups -OCH3 is 2. The number of ether oxygens (including phenoxy) is 2. The Morgan fingerprint density at radius 2 is 1.46 bits per heavy atom. The summed E-state index contributed by atoms with van der Waals surface area (Å²) in [6, 6.07) is 14.2. The molecule has 1 amide bonds. The Morgan fingerprint density at radius 1 is 1.00 bits per heavy atom. The average molecular weight is 351 g/mol. The van der Waals surface area contributed by atoms with Gasteiger partial charge in [0.05, 0.1) is 26.3 Å². The summed E-state index contributed by atoms with van der Waals surface area (Å²) in [6.07, 6.45) is 0. The van der Waals surface area contributed by atoms with Gasteiger partial charge in [-0.15, -0.1) is 12.4 Å². The smallest absolute Gasteiger partial charge is 0.237 e. The second-order valence-electron chi connectivity index (χ2n) is 5.28. The molecule has 6 heteroatoms. The van der Waals surface area contributed by atoms with Crippen LogP contribution < -0.4 is 20.5 Å². The van der Waals surface area contributed by atoms with Crippen molar-refractivity contribution in [1.82, 2.24) is 5.32 Å². The van der Waals surface area contributed by atoms with Gasteiger partial charge in [0, 0.05) is 0 Å².